The molecule has 1 aliphatic rings. The zero-order valence-electron chi connectivity index (χ0n) is 20.4. The Hall–Kier alpha value is -3.46. The summed E-state index contributed by atoms with van der Waals surface area (Å²) in [5, 5.41) is 7.23. The summed E-state index contributed by atoms with van der Waals surface area (Å²) < 4.78 is 5.36. The van der Waals surface area contributed by atoms with Gasteiger partial charge in [-0.2, -0.15) is 0 Å². The van der Waals surface area contributed by atoms with E-state index >= 15 is 0 Å². The summed E-state index contributed by atoms with van der Waals surface area (Å²) in [5.41, 5.74) is 7.98. The van der Waals surface area contributed by atoms with Gasteiger partial charge in [0.15, 0.2) is 0 Å². The highest BCUT2D eigenvalue weighted by Gasteiger charge is 2.22. The molecule has 180 valence electrons. The Morgan fingerprint density at radius 1 is 1.26 bits per heavy atom. The van der Waals surface area contributed by atoms with Crippen molar-refractivity contribution < 1.29 is 9.53 Å². The third kappa shape index (κ3) is 5.72. The second-order valence-corrected chi connectivity index (χ2v) is 9.79. The lowest BCUT2D eigenvalue weighted by Gasteiger charge is -2.21. The Bertz CT molecular complexity index is 1190. The molecule has 0 saturated carbocycles. The molecule has 3 heterocycles. The summed E-state index contributed by atoms with van der Waals surface area (Å²) in [4.78, 5) is 28.2. The summed E-state index contributed by atoms with van der Waals surface area (Å²) in [6.45, 7) is 11.1. The van der Waals surface area contributed by atoms with Crippen LogP contribution in [0.3, 0.4) is 0 Å². The zero-order chi connectivity index (χ0) is 24.5. The summed E-state index contributed by atoms with van der Waals surface area (Å²) in [7, 11) is 0. The molecule has 1 aliphatic heterocycles. The maximum Gasteiger partial charge on any atom is 0.412 e. The fraction of sp³-hybridized carbons (Fsp3) is 0.440. The number of amides is 1. The first-order valence-electron chi connectivity index (χ1n) is 11.6. The van der Waals surface area contributed by atoms with Crippen LogP contribution in [-0.2, 0) is 4.74 Å². The molecule has 34 heavy (non-hydrogen) atoms. The van der Waals surface area contributed by atoms with Crippen molar-refractivity contribution in [3.63, 3.8) is 0 Å². The number of hydrogen-bond acceptors (Lipinski definition) is 8. The van der Waals surface area contributed by atoms with Crippen molar-refractivity contribution in [2.24, 2.45) is 5.73 Å². The highest BCUT2D eigenvalue weighted by molar-refractivity contribution is 5.90. The number of nitrogens with two attached hydrogens (primary N) is 1. The van der Waals surface area contributed by atoms with Gasteiger partial charge in [-0.05, 0) is 64.8 Å². The molecule has 1 amide bonds. The van der Waals surface area contributed by atoms with Crippen molar-refractivity contribution in [2.75, 3.05) is 28.6 Å². The number of carbonyl (C=O) groups is 1. The van der Waals surface area contributed by atoms with Crippen molar-refractivity contribution in [3.8, 4) is 0 Å². The molecule has 0 aliphatic carbocycles. The molecule has 4 N–H and O–H groups in total. The van der Waals surface area contributed by atoms with Crippen LogP contribution in [0.2, 0.25) is 0 Å². The summed E-state index contributed by atoms with van der Waals surface area (Å²) in [6, 6.07) is 9.80. The average molecular weight is 464 g/mol. The Kier molecular flexibility index (Phi) is 6.56. The SMILES string of the molecule is Cc1nc(N[C@H](C)c2cccc(NC(=O)OC(C)(C)C)c2)c2cc(N3CC[C@@H](N)C3)ncc2n1. The van der Waals surface area contributed by atoms with E-state index in [1.165, 1.54) is 0 Å². The number of fused-ring (bicyclic) bond motifs is 1. The van der Waals surface area contributed by atoms with Crippen molar-refractivity contribution in [2.45, 2.75) is 58.7 Å². The van der Waals surface area contributed by atoms with Crippen molar-refractivity contribution >= 4 is 34.3 Å². The molecule has 1 aromatic carbocycles. The number of rotatable bonds is 5. The van der Waals surface area contributed by atoms with Crippen LogP contribution >= 0.6 is 0 Å². The van der Waals surface area contributed by atoms with E-state index in [9.17, 15) is 4.79 Å². The monoisotopic (exact) mass is 463 g/mol. The van der Waals surface area contributed by atoms with Gasteiger partial charge in [0, 0.05) is 30.2 Å². The van der Waals surface area contributed by atoms with Crippen LogP contribution in [0.4, 0.5) is 22.1 Å². The minimum absolute atomic E-state index is 0.0743. The Morgan fingerprint density at radius 2 is 2.06 bits per heavy atom. The first-order chi connectivity index (χ1) is 16.1. The lowest BCUT2D eigenvalue weighted by atomic mass is 10.1. The first kappa shape index (κ1) is 23.7. The van der Waals surface area contributed by atoms with E-state index in [0.717, 1.165) is 47.6 Å². The number of pyridine rings is 1. The van der Waals surface area contributed by atoms with Gasteiger partial charge in [0.25, 0.3) is 0 Å². The molecule has 9 heteroatoms. The lowest BCUT2D eigenvalue weighted by Crippen LogP contribution is -2.27. The van der Waals surface area contributed by atoms with Gasteiger partial charge >= 0.3 is 6.09 Å². The molecule has 2 aromatic heterocycles. The molecule has 0 unspecified atom stereocenters. The van der Waals surface area contributed by atoms with E-state index in [4.69, 9.17) is 10.5 Å². The van der Waals surface area contributed by atoms with Gasteiger partial charge in [0.2, 0.25) is 0 Å². The summed E-state index contributed by atoms with van der Waals surface area (Å²) in [5.74, 6) is 2.29. The minimum atomic E-state index is -0.559. The smallest absolute Gasteiger partial charge is 0.412 e. The number of ether oxygens (including phenoxy) is 1. The van der Waals surface area contributed by atoms with E-state index in [2.05, 4.69) is 37.4 Å². The van der Waals surface area contributed by atoms with Gasteiger partial charge in [-0.25, -0.2) is 19.7 Å². The Morgan fingerprint density at radius 3 is 2.76 bits per heavy atom. The number of hydrogen-bond donors (Lipinski definition) is 3. The standard InChI is InChI=1S/C25H33N7O2/c1-15(17-7-6-8-19(11-17)31-24(33)34-25(3,4)5)28-23-20-12-22(32-10-9-18(26)14-32)27-13-21(20)29-16(2)30-23/h6-8,11-13,15,18H,9-10,14,26H2,1-5H3,(H,31,33)(H,28,29,30)/t15-,18-/m1/s1. The molecule has 0 spiro atoms. The van der Waals surface area contributed by atoms with Crippen molar-refractivity contribution in [3.05, 3.63) is 47.9 Å². The molecule has 1 saturated heterocycles. The van der Waals surface area contributed by atoms with E-state index < -0.39 is 11.7 Å². The largest absolute Gasteiger partial charge is 0.444 e. The number of aromatic nitrogens is 3. The first-order valence-corrected chi connectivity index (χ1v) is 11.6. The highest BCUT2D eigenvalue weighted by atomic mass is 16.6. The number of nitrogens with zero attached hydrogens (tertiary/aromatic N) is 4. The molecule has 0 bridgehead atoms. The second-order valence-electron chi connectivity index (χ2n) is 9.79. The lowest BCUT2D eigenvalue weighted by molar-refractivity contribution is 0.0636. The predicted octanol–water partition coefficient (Wildman–Crippen LogP) is 4.39. The third-order valence-electron chi connectivity index (χ3n) is 5.61. The predicted molar refractivity (Wildman–Crippen MR) is 135 cm³/mol. The number of carbonyl (C=O) groups excluding carboxylic acids is 1. The van der Waals surface area contributed by atoms with Crippen LogP contribution in [0.1, 0.15) is 51.5 Å². The van der Waals surface area contributed by atoms with Gasteiger partial charge in [-0.1, -0.05) is 12.1 Å². The van der Waals surface area contributed by atoms with Crippen LogP contribution in [0.25, 0.3) is 10.9 Å². The molecular formula is C25H33N7O2. The van der Waals surface area contributed by atoms with Crippen molar-refractivity contribution in [1.82, 2.24) is 15.0 Å². The highest BCUT2D eigenvalue weighted by Crippen LogP contribution is 2.29. The summed E-state index contributed by atoms with van der Waals surface area (Å²) >= 11 is 0. The molecule has 3 aromatic rings. The average Bonchev–Trinajstić information content (AvgIpc) is 3.18. The molecule has 2 atom stereocenters. The third-order valence-corrected chi connectivity index (χ3v) is 5.61. The summed E-state index contributed by atoms with van der Waals surface area (Å²) in [6.07, 6.45) is 2.27. The Balaban J connectivity index is 1.56. The van der Waals surface area contributed by atoms with E-state index in [-0.39, 0.29) is 12.1 Å². The molecule has 1 fully saturated rings. The van der Waals surface area contributed by atoms with Crippen LogP contribution in [0.5, 0.6) is 0 Å². The van der Waals surface area contributed by atoms with Gasteiger partial charge in [0.05, 0.1) is 17.8 Å². The van der Waals surface area contributed by atoms with Crippen molar-refractivity contribution in [1.29, 1.82) is 0 Å². The normalized spacial score (nSPS) is 17.0. The second kappa shape index (κ2) is 9.42. The number of anilines is 3. The van der Waals surface area contributed by atoms with Crippen LogP contribution < -0.4 is 21.3 Å². The molecule has 4 rings (SSSR count). The Labute approximate surface area is 200 Å². The quantitative estimate of drug-likeness (QED) is 0.510. The van der Waals surface area contributed by atoms with Gasteiger partial charge in [-0.15, -0.1) is 0 Å². The number of nitrogens with one attached hydrogen (secondary N) is 2. The van der Waals surface area contributed by atoms with E-state index in [1.54, 1.807) is 6.20 Å². The number of aryl methyl sites for hydroxylation is 1. The topological polar surface area (TPSA) is 118 Å². The molecule has 9 nitrogen and oxygen atoms in total. The van der Waals surface area contributed by atoms with E-state index in [0.29, 0.717) is 11.5 Å². The minimum Gasteiger partial charge on any atom is -0.444 e. The fourth-order valence-corrected chi connectivity index (χ4v) is 4.01. The maximum atomic E-state index is 12.2. The van der Waals surface area contributed by atoms with Gasteiger partial charge in [0.1, 0.15) is 23.1 Å². The van der Waals surface area contributed by atoms with Crippen LogP contribution in [-0.4, -0.2) is 45.8 Å². The molecule has 0 radical (unpaired) electrons. The van der Waals surface area contributed by atoms with Gasteiger partial charge in [-0.3, -0.25) is 5.32 Å². The van der Waals surface area contributed by atoms with E-state index in [1.807, 2.05) is 58.0 Å². The zero-order valence-corrected chi connectivity index (χ0v) is 20.4. The fourth-order valence-electron chi connectivity index (χ4n) is 4.01. The van der Waals surface area contributed by atoms with Crippen LogP contribution in [0.15, 0.2) is 36.5 Å². The maximum absolute atomic E-state index is 12.2. The molecular weight excluding hydrogens is 430 g/mol. The number of benzene rings is 1. The van der Waals surface area contributed by atoms with Gasteiger partial charge < -0.3 is 20.7 Å². The van der Waals surface area contributed by atoms with Crippen LogP contribution in [0, 0.1) is 6.92 Å².